The topological polar surface area (TPSA) is 120 Å². The second kappa shape index (κ2) is 12.3. The number of fused-ring (bicyclic) bond motifs is 1. The Hall–Kier alpha value is -2.96. The number of thioether (sulfide) groups is 1. The summed E-state index contributed by atoms with van der Waals surface area (Å²) in [7, 11) is -3.64. The number of allylic oxidation sites excluding steroid dienone is 1. The minimum Gasteiger partial charge on any atom is -0.462 e. The SMILES string of the molecule is C=CCn1c(CS(=O)(=O)c2ccc(C)cc2)nnc1SCC(=O)Nc1sc2c(c1C(=O)OCC)CCCC2. The molecule has 0 aliphatic heterocycles. The van der Waals surface area contributed by atoms with Crippen LogP contribution in [0.4, 0.5) is 5.00 Å². The molecular weight excluding hydrogens is 545 g/mol. The Balaban J connectivity index is 1.48. The van der Waals surface area contributed by atoms with Crippen LogP contribution in [0.25, 0.3) is 0 Å². The average Bonchev–Trinajstić information content (AvgIpc) is 3.43. The van der Waals surface area contributed by atoms with Gasteiger partial charge in [0.15, 0.2) is 15.0 Å². The number of thiophene rings is 1. The van der Waals surface area contributed by atoms with E-state index >= 15 is 0 Å². The number of nitrogens with zero attached hydrogens (tertiary/aromatic N) is 3. The molecule has 1 N–H and O–H groups in total. The molecule has 12 heteroatoms. The van der Waals surface area contributed by atoms with E-state index < -0.39 is 15.8 Å². The fraction of sp³-hybridized carbons (Fsp3) is 0.385. The third-order valence-corrected chi connectivity index (χ3v) is 9.84. The lowest BCUT2D eigenvalue weighted by Crippen LogP contribution is -2.17. The quantitative estimate of drug-likeness (QED) is 0.201. The summed E-state index contributed by atoms with van der Waals surface area (Å²) in [4.78, 5) is 26.9. The van der Waals surface area contributed by atoms with E-state index in [2.05, 4.69) is 22.1 Å². The molecule has 0 atom stereocenters. The fourth-order valence-electron chi connectivity index (χ4n) is 4.21. The summed E-state index contributed by atoms with van der Waals surface area (Å²) < 4.78 is 32.8. The number of nitrogens with one attached hydrogen (secondary N) is 1. The number of esters is 1. The molecule has 2 heterocycles. The van der Waals surface area contributed by atoms with Gasteiger partial charge in [0, 0.05) is 11.4 Å². The Morgan fingerprint density at radius 2 is 1.95 bits per heavy atom. The second-order valence-electron chi connectivity index (χ2n) is 8.84. The van der Waals surface area contributed by atoms with Gasteiger partial charge in [0.1, 0.15) is 16.6 Å². The molecule has 1 aromatic carbocycles. The van der Waals surface area contributed by atoms with E-state index in [1.165, 1.54) is 11.3 Å². The molecule has 3 aromatic rings. The van der Waals surface area contributed by atoms with E-state index in [0.29, 0.717) is 22.3 Å². The van der Waals surface area contributed by atoms with Gasteiger partial charge in [0.25, 0.3) is 0 Å². The number of ether oxygens (including phenoxy) is 1. The lowest BCUT2D eigenvalue weighted by molar-refractivity contribution is -0.113. The number of hydrogen-bond acceptors (Lipinski definition) is 9. The standard InChI is InChI=1S/C26H30N4O5S3/c1-4-14-30-21(16-38(33,34)18-12-10-17(3)11-13-18)28-29-26(30)36-15-22(31)27-24-23(25(32)35-5-2)19-8-6-7-9-20(19)37-24/h4,10-13H,1,5-9,14-16H2,2-3H3,(H,27,31). The summed E-state index contributed by atoms with van der Waals surface area (Å²) in [5.41, 5.74) is 2.41. The van der Waals surface area contributed by atoms with Gasteiger partial charge in [-0.05, 0) is 57.2 Å². The predicted octanol–water partition coefficient (Wildman–Crippen LogP) is 4.59. The highest BCUT2D eigenvalue weighted by molar-refractivity contribution is 7.99. The molecule has 0 fully saturated rings. The predicted molar refractivity (Wildman–Crippen MR) is 149 cm³/mol. The molecule has 0 radical (unpaired) electrons. The zero-order valence-electron chi connectivity index (χ0n) is 21.4. The third kappa shape index (κ3) is 6.36. The van der Waals surface area contributed by atoms with Crippen molar-refractivity contribution in [1.82, 2.24) is 14.8 Å². The van der Waals surface area contributed by atoms with Crippen molar-refractivity contribution >= 4 is 49.8 Å². The minimum atomic E-state index is -3.64. The van der Waals surface area contributed by atoms with Gasteiger partial charge in [-0.3, -0.25) is 4.79 Å². The largest absolute Gasteiger partial charge is 0.462 e. The molecule has 202 valence electrons. The zero-order chi connectivity index (χ0) is 27.3. The molecule has 1 amide bonds. The van der Waals surface area contributed by atoms with Crippen LogP contribution in [-0.2, 0) is 44.5 Å². The smallest absolute Gasteiger partial charge is 0.341 e. The number of sulfone groups is 1. The number of aryl methyl sites for hydroxylation is 2. The van der Waals surface area contributed by atoms with Crippen LogP contribution in [0.15, 0.2) is 47.0 Å². The molecule has 4 rings (SSSR count). The molecule has 0 saturated carbocycles. The van der Waals surface area contributed by atoms with Gasteiger partial charge in [-0.15, -0.1) is 28.1 Å². The highest BCUT2D eigenvalue weighted by Crippen LogP contribution is 2.38. The van der Waals surface area contributed by atoms with E-state index in [9.17, 15) is 18.0 Å². The van der Waals surface area contributed by atoms with Crippen LogP contribution in [0, 0.1) is 6.92 Å². The molecule has 1 aliphatic rings. The van der Waals surface area contributed by atoms with Crippen LogP contribution in [-0.4, -0.2) is 47.4 Å². The lowest BCUT2D eigenvalue weighted by Gasteiger charge is -2.12. The average molecular weight is 575 g/mol. The summed E-state index contributed by atoms with van der Waals surface area (Å²) >= 11 is 2.57. The normalized spacial score (nSPS) is 13.1. The van der Waals surface area contributed by atoms with Crippen molar-refractivity contribution in [2.45, 2.75) is 61.9 Å². The van der Waals surface area contributed by atoms with Crippen LogP contribution < -0.4 is 5.32 Å². The van der Waals surface area contributed by atoms with E-state index in [1.807, 2.05) is 6.92 Å². The van der Waals surface area contributed by atoms with Gasteiger partial charge in [-0.1, -0.05) is 35.5 Å². The van der Waals surface area contributed by atoms with E-state index in [0.717, 1.165) is 53.4 Å². The van der Waals surface area contributed by atoms with Crippen LogP contribution in [0.2, 0.25) is 0 Å². The summed E-state index contributed by atoms with van der Waals surface area (Å²) in [6.07, 6.45) is 5.36. The molecule has 9 nitrogen and oxygen atoms in total. The minimum absolute atomic E-state index is 0.00478. The lowest BCUT2D eigenvalue weighted by atomic mass is 9.95. The first-order chi connectivity index (χ1) is 18.2. The van der Waals surface area contributed by atoms with Crippen LogP contribution in [0.1, 0.15) is 52.0 Å². The molecule has 0 unspecified atom stereocenters. The van der Waals surface area contributed by atoms with Crippen molar-refractivity contribution < 1.29 is 22.7 Å². The Labute approximate surface area is 230 Å². The Morgan fingerprint density at radius 3 is 2.66 bits per heavy atom. The maximum absolute atomic E-state index is 13.0. The number of carbonyl (C=O) groups is 2. The Bertz CT molecular complexity index is 1440. The first-order valence-corrected chi connectivity index (χ1v) is 15.8. The van der Waals surface area contributed by atoms with Gasteiger partial charge in [-0.25, -0.2) is 13.2 Å². The first kappa shape index (κ1) is 28.1. The van der Waals surface area contributed by atoms with E-state index in [1.54, 1.807) is 41.8 Å². The number of hydrogen-bond donors (Lipinski definition) is 1. The molecule has 38 heavy (non-hydrogen) atoms. The van der Waals surface area contributed by atoms with Crippen molar-refractivity contribution in [1.29, 1.82) is 0 Å². The van der Waals surface area contributed by atoms with Gasteiger partial charge < -0.3 is 14.6 Å². The highest BCUT2D eigenvalue weighted by Gasteiger charge is 2.27. The molecule has 1 aliphatic carbocycles. The second-order valence-corrected chi connectivity index (χ2v) is 12.9. The van der Waals surface area contributed by atoms with Crippen molar-refractivity contribution in [3.05, 3.63) is 64.3 Å². The molecule has 0 saturated heterocycles. The van der Waals surface area contributed by atoms with Crippen molar-refractivity contribution in [2.24, 2.45) is 0 Å². The maximum Gasteiger partial charge on any atom is 0.341 e. The van der Waals surface area contributed by atoms with Crippen molar-refractivity contribution in [2.75, 3.05) is 17.7 Å². The van der Waals surface area contributed by atoms with Gasteiger partial charge in [0.05, 0.1) is 22.8 Å². The Kier molecular flexibility index (Phi) is 9.06. The van der Waals surface area contributed by atoms with Crippen molar-refractivity contribution in [3.63, 3.8) is 0 Å². The fourth-order valence-corrected chi connectivity index (χ4v) is 7.54. The molecule has 2 aromatic heterocycles. The van der Waals surface area contributed by atoms with Crippen LogP contribution in [0.3, 0.4) is 0 Å². The van der Waals surface area contributed by atoms with Crippen LogP contribution >= 0.6 is 23.1 Å². The monoisotopic (exact) mass is 574 g/mol. The number of aromatic nitrogens is 3. The molecular formula is C26H30N4O5S3. The third-order valence-electron chi connectivity index (χ3n) is 6.04. The summed E-state index contributed by atoms with van der Waals surface area (Å²) in [5, 5.41) is 12.0. The van der Waals surface area contributed by atoms with Gasteiger partial charge in [-0.2, -0.15) is 0 Å². The number of rotatable bonds is 11. The van der Waals surface area contributed by atoms with Gasteiger partial charge in [0.2, 0.25) is 5.91 Å². The van der Waals surface area contributed by atoms with E-state index in [-0.39, 0.29) is 34.7 Å². The molecule has 0 bridgehead atoms. The maximum atomic E-state index is 13.0. The first-order valence-electron chi connectivity index (χ1n) is 12.3. The molecule has 0 spiro atoms. The summed E-state index contributed by atoms with van der Waals surface area (Å²) in [5.74, 6) is -0.775. The number of anilines is 1. The highest BCUT2D eigenvalue weighted by atomic mass is 32.2. The summed E-state index contributed by atoms with van der Waals surface area (Å²) in [6, 6.07) is 6.65. The van der Waals surface area contributed by atoms with E-state index in [4.69, 9.17) is 4.74 Å². The zero-order valence-corrected chi connectivity index (χ0v) is 23.8. The Morgan fingerprint density at radius 1 is 1.21 bits per heavy atom. The number of benzene rings is 1. The number of amides is 1. The summed E-state index contributed by atoms with van der Waals surface area (Å²) in [6.45, 7) is 7.94. The van der Waals surface area contributed by atoms with Crippen LogP contribution in [0.5, 0.6) is 0 Å². The van der Waals surface area contributed by atoms with Crippen molar-refractivity contribution in [3.8, 4) is 0 Å². The van der Waals surface area contributed by atoms with Gasteiger partial charge >= 0.3 is 5.97 Å². The number of carbonyl (C=O) groups excluding carboxylic acids is 2.